The monoisotopic (exact) mass is 281 g/mol. The highest BCUT2D eigenvalue weighted by Crippen LogP contribution is 2.38. The predicted octanol–water partition coefficient (Wildman–Crippen LogP) is -0.00590. The van der Waals surface area contributed by atoms with Crippen molar-refractivity contribution in [3.63, 3.8) is 0 Å². The molecule has 0 unspecified atom stereocenters. The number of β-amino-alcohol motifs (C(OH)–C–C–N with tert-alkyl or cyclic N) is 1. The summed E-state index contributed by atoms with van der Waals surface area (Å²) in [5.41, 5.74) is 0.0982. The van der Waals surface area contributed by atoms with Crippen molar-refractivity contribution in [3.05, 3.63) is 0 Å². The number of nitrogens with zero attached hydrogens (tertiary/aromatic N) is 3. The van der Waals surface area contributed by atoms with Crippen LogP contribution in [0.1, 0.15) is 27.2 Å². The molecule has 3 aliphatic heterocycles. The van der Waals surface area contributed by atoms with Gasteiger partial charge in [0.1, 0.15) is 0 Å². The van der Waals surface area contributed by atoms with Gasteiger partial charge in [0.25, 0.3) is 0 Å². The summed E-state index contributed by atoms with van der Waals surface area (Å²) in [4.78, 5) is 18.5. The summed E-state index contributed by atoms with van der Waals surface area (Å²) in [6.45, 7) is 11.8. The van der Waals surface area contributed by atoms with Crippen LogP contribution in [0.5, 0.6) is 0 Å². The average Bonchev–Trinajstić information content (AvgIpc) is 2.64. The topological polar surface area (TPSA) is 47.0 Å². The molecule has 3 rings (SSSR count). The third-order valence-corrected chi connectivity index (χ3v) is 5.03. The van der Waals surface area contributed by atoms with Crippen LogP contribution in [0, 0.1) is 5.92 Å². The van der Waals surface area contributed by atoms with E-state index in [-0.39, 0.29) is 17.6 Å². The number of aliphatic hydroxyl groups is 1. The first-order valence-corrected chi connectivity index (χ1v) is 7.82. The van der Waals surface area contributed by atoms with E-state index in [0.29, 0.717) is 12.0 Å². The van der Waals surface area contributed by atoms with E-state index in [1.165, 1.54) is 0 Å². The molecule has 114 valence electrons. The number of piperazine rings is 1. The highest BCUT2D eigenvalue weighted by Gasteiger charge is 2.56. The first-order valence-electron chi connectivity index (χ1n) is 7.82. The van der Waals surface area contributed by atoms with Crippen molar-refractivity contribution in [1.29, 1.82) is 0 Å². The molecule has 0 saturated carbocycles. The summed E-state index contributed by atoms with van der Waals surface area (Å²) in [5, 5.41) is 10.0. The molecule has 0 aromatic carbocycles. The second kappa shape index (κ2) is 4.97. The van der Waals surface area contributed by atoms with Gasteiger partial charge in [0.05, 0.1) is 11.6 Å². The van der Waals surface area contributed by atoms with Crippen LogP contribution in [-0.2, 0) is 4.79 Å². The Morgan fingerprint density at radius 2 is 2.00 bits per heavy atom. The van der Waals surface area contributed by atoms with Gasteiger partial charge in [-0.2, -0.15) is 0 Å². The number of likely N-dealkylation sites (tertiary alicyclic amines) is 1. The zero-order valence-corrected chi connectivity index (χ0v) is 12.9. The third kappa shape index (κ3) is 2.36. The molecule has 3 aliphatic rings. The molecule has 5 nitrogen and oxygen atoms in total. The minimum Gasteiger partial charge on any atom is -0.392 e. The molecule has 0 aromatic heterocycles. The Labute approximate surface area is 121 Å². The van der Waals surface area contributed by atoms with Crippen molar-refractivity contribution in [2.45, 2.75) is 44.9 Å². The largest absolute Gasteiger partial charge is 0.392 e. The van der Waals surface area contributed by atoms with Gasteiger partial charge in [-0.05, 0) is 12.3 Å². The van der Waals surface area contributed by atoms with Gasteiger partial charge in [0, 0.05) is 52.2 Å². The number of hydrogen-bond acceptors (Lipinski definition) is 4. The smallest absolute Gasteiger partial charge is 0.219 e. The second-order valence-corrected chi connectivity index (χ2v) is 7.38. The number of amides is 1. The third-order valence-electron chi connectivity index (χ3n) is 5.03. The molecule has 20 heavy (non-hydrogen) atoms. The van der Waals surface area contributed by atoms with E-state index in [1.54, 1.807) is 6.92 Å². The van der Waals surface area contributed by atoms with Crippen molar-refractivity contribution in [1.82, 2.24) is 14.7 Å². The van der Waals surface area contributed by atoms with E-state index in [9.17, 15) is 9.90 Å². The Morgan fingerprint density at radius 1 is 1.30 bits per heavy atom. The van der Waals surface area contributed by atoms with E-state index in [1.807, 2.05) is 4.90 Å². The van der Waals surface area contributed by atoms with E-state index >= 15 is 0 Å². The van der Waals surface area contributed by atoms with Crippen LogP contribution in [0.4, 0.5) is 0 Å². The van der Waals surface area contributed by atoms with Crippen LogP contribution in [0.2, 0.25) is 0 Å². The average molecular weight is 281 g/mol. The lowest BCUT2D eigenvalue weighted by Crippen LogP contribution is -2.78. The normalized spacial score (nSPS) is 33.5. The van der Waals surface area contributed by atoms with Crippen molar-refractivity contribution < 1.29 is 9.90 Å². The van der Waals surface area contributed by atoms with E-state index in [4.69, 9.17) is 0 Å². The number of carbonyl (C=O) groups is 1. The van der Waals surface area contributed by atoms with Gasteiger partial charge < -0.3 is 10.0 Å². The van der Waals surface area contributed by atoms with Gasteiger partial charge in [-0.1, -0.05) is 13.8 Å². The molecule has 5 heteroatoms. The Hall–Kier alpha value is -0.650. The van der Waals surface area contributed by atoms with Gasteiger partial charge in [-0.25, -0.2) is 0 Å². The standard InChI is InChI=1S/C15H27N3O2/c1-11(2)5-16-6-13-4-14(20)7-18(13)15(8-16)9-17(10-15)12(3)19/h11,13-14,20H,4-10H2,1-3H3/t13-,14-/m1/s1. The van der Waals surface area contributed by atoms with Crippen molar-refractivity contribution in [2.75, 3.05) is 39.3 Å². The number of aliphatic hydroxyl groups excluding tert-OH is 1. The molecule has 3 saturated heterocycles. The van der Waals surface area contributed by atoms with Crippen LogP contribution in [0.25, 0.3) is 0 Å². The number of rotatable bonds is 2. The Morgan fingerprint density at radius 3 is 2.60 bits per heavy atom. The predicted molar refractivity (Wildman–Crippen MR) is 77.4 cm³/mol. The minimum absolute atomic E-state index is 0.0982. The molecule has 1 amide bonds. The maximum Gasteiger partial charge on any atom is 0.219 e. The molecule has 0 radical (unpaired) electrons. The van der Waals surface area contributed by atoms with Gasteiger partial charge in [0.2, 0.25) is 5.91 Å². The molecule has 0 bridgehead atoms. The van der Waals surface area contributed by atoms with Crippen molar-refractivity contribution in [3.8, 4) is 0 Å². The minimum atomic E-state index is -0.192. The lowest BCUT2D eigenvalue weighted by molar-refractivity contribution is -0.154. The number of hydrogen-bond donors (Lipinski definition) is 1. The maximum atomic E-state index is 11.5. The quantitative estimate of drug-likeness (QED) is 0.774. The zero-order chi connectivity index (χ0) is 14.5. The van der Waals surface area contributed by atoms with Crippen LogP contribution in [0.3, 0.4) is 0 Å². The van der Waals surface area contributed by atoms with Crippen molar-refractivity contribution in [2.24, 2.45) is 5.92 Å². The second-order valence-electron chi connectivity index (χ2n) is 7.38. The fraction of sp³-hybridized carbons (Fsp3) is 0.933. The summed E-state index contributed by atoms with van der Waals surface area (Å²) in [5.74, 6) is 0.835. The number of fused-ring (bicyclic) bond motifs is 2. The Bertz CT molecular complexity index is 393. The molecule has 1 spiro atoms. The van der Waals surface area contributed by atoms with Gasteiger partial charge in [0.15, 0.2) is 0 Å². The highest BCUT2D eigenvalue weighted by molar-refractivity contribution is 5.74. The molecular weight excluding hydrogens is 254 g/mol. The molecule has 2 atom stereocenters. The summed E-state index contributed by atoms with van der Waals surface area (Å²) in [6, 6.07) is 0.464. The summed E-state index contributed by atoms with van der Waals surface area (Å²) in [7, 11) is 0. The van der Waals surface area contributed by atoms with Crippen LogP contribution in [-0.4, -0.2) is 82.7 Å². The Balaban J connectivity index is 1.74. The van der Waals surface area contributed by atoms with Crippen LogP contribution >= 0.6 is 0 Å². The molecule has 1 N–H and O–H groups in total. The highest BCUT2D eigenvalue weighted by atomic mass is 16.3. The van der Waals surface area contributed by atoms with E-state index in [2.05, 4.69) is 23.6 Å². The van der Waals surface area contributed by atoms with E-state index < -0.39 is 0 Å². The van der Waals surface area contributed by atoms with Gasteiger partial charge in [-0.3, -0.25) is 14.6 Å². The lowest BCUT2D eigenvalue weighted by Gasteiger charge is -2.61. The molecular formula is C15H27N3O2. The molecule has 3 fully saturated rings. The first kappa shape index (κ1) is 14.3. The molecule has 0 aliphatic carbocycles. The fourth-order valence-corrected chi connectivity index (χ4v) is 4.34. The Kier molecular flexibility index (Phi) is 3.55. The summed E-state index contributed by atoms with van der Waals surface area (Å²) >= 11 is 0. The lowest BCUT2D eigenvalue weighted by atomic mass is 9.83. The van der Waals surface area contributed by atoms with Gasteiger partial charge >= 0.3 is 0 Å². The summed E-state index contributed by atoms with van der Waals surface area (Å²) < 4.78 is 0. The maximum absolute atomic E-state index is 11.5. The van der Waals surface area contributed by atoms with Crippen LogP contribution < -0.4 is 0 Å². The van der Waals surface area contributed by atoms with Crippen molar-refractivity contribution >= 4 is 5.91 Å². The summed E-state index contributed by atoms with van der Waals surface area (Å²) in [6.07, 6.45) is 0.693. The SMILES string of the molecule is CC(=O)N1CC2(CN(CC(C)C)C[C@H]3C[C@@H](O)CN32)C1. The van der Waals surface area contributed by atoms with Crippen LogP contribution in [0.15, 0.2) is 0 Å². The molecule has 3 heterocycles. The van der Waals surface area contributed by atoms with Gasteiger partial charge in [-0.15, -0.1) is 0 Å². The zero-order valence-electron chi connectivity index (χ0n) is 12.9. The van der Waals surface area contributed by atoms with E-state index in [0.717, 1.165) is 45.7 Å². The fourth-order valence-electron chi connectivity index (χ4n) is 4.34. The molecule has 0 aromatic rings. The number of carbonyl (C=O) groups excluding carboxylic acids is 1. The first-order chi connectivity index (χ1) is 9.39.